The van der Waals surface area contributed by atoms with E-state index in [2.05, 4.69) is 11.4 Å². The van der Waals surface area contributed by atoms with E-state index in [1.165, 1.54) is 12.8 Å². The van der Waals surface area contributed by atoms with Crippen molar-refractivity contribution >= 4 is 5.69 Å². The monoisotopic (exact) mass is 270 g/mol. The van der Waals surface area contributed by atoms with E-state index in [1.54, 1.807) is 0 Å². The maximum absolute atomic E-state index is 11.1. The Morgan fingerprint density at radius 2 is 2.05 bits per heavy atom. The highest BCUT2D eigenvalue weighted by atomic mass is 16.3. The fourth-order valence-electron chi connectivity index (χ4n) is 4.00. The number of benzene rings is 1. The van der Waals surface area contributed by atoms with Gasteiger partial charge in [0.2, 0.25) is 0 Å². The molecule has 0 aromatic heterocycles. The Balaban J connectivity index is 1.80. The van der Waals surface area contributed by atoms with Crippen LogP contribution in [0.5, 0.6) is 0 Å². The van der Waals surface area contributed by atoms with E-state index in [9.17, 15) is 5.11 Å². The maximum Gasteiger partial charge on any atom is 0.0992 e. The van der Waals surface area contributed by atoms with Crippen molar-refractivity contribution in [2.75, 3.05) is 5.32 Å². The summed E-state index contributed by atoms with van der Waals surface area (Å²) in [4.78, 5) is 0. The lowest BCUT2D eigenvalue weighted by Crippen LogP contribution is -2.56. The van der Waals surface area contributed by atoms with E-state index in [4.69, 9.17) is 5.26 Å². The molecule has 3 nitrogen and oxygen atoms in total. The number of hydrogen-bond acceptors (Lipinski definition) is 3. The third-order valence-electron chi connectivity index (χ3n) is 5.07. The van der Waals surface area contributed by atoms with E-state index < -0.39 is 5.60 Å². The Kier molecular flexibility index (Phi) is 3.67. The molecule has 20 heavy (non-hydrogen) atoms. The Bertz CT molecular complexity index is 520. The molecule has 3 heteroatoms. The number of rotatable bonds is 2. The number of nitrogens with zero attached hydrogens (tertiary/aromatic N) is 1. The number of anilines is 1. The van der Waals surface area contributed by atoms with Crippen LogP contribution >= 0.6 is 0 Å². The molecule has 1 aromatic rings. The summed E-state index contributed by atoms with van der Waals surface area (Å²) < 4.78 is 0. The zero-order valence-electron chi connectivity index (χ0n) is 11.8. The van der Waals surface area contributed by atoms with Crippen molar-refractivity contribution in [3.8, 4) is 6.07 Å². The highest BCUT2D eigenvalue weighted by Crippen LogP contribution is 2.44. The first-order valence-corrected chi connectivity index (χ1v) is 7.71. The highest BCUT2D eigenvalue weighted by molar-refractivity contribution is 5.50. The van der Waals surface area contributed by atoms with Crippen molar-refractivity contribution in [2.45, 2.75) is 56.6 Å². The zero-order chi connectivity index (χ0) is 14.0. The summed E-state index contributed by atoms with van der Waals surface area (Å²) in [5.41, 5.74) is 1.06. The Morgan fingerprint density at radius 3 is 2.90 bits per heavy atom. The van der Waals surface area contributed by atoms with Crippen molar-refractivity contribution in [1.29, 1.82) is 5.26 Å². The minimum Gasteiger partial charge on any atom is -0.387 e. The molecule has 3 rings (SSSR count). The van der Waals surface area contributed by atoms with Crippen LogP contribution in [0.1, 0.15) is 50.5 Å². The van der Waals surface area contributed by atoms with Gasteiger partial charge in [0, 0.05) is 5.69 Å². The first-order chi connectivity index (χ1) is 9.72. The summed E-state index contributed by atoms with van der Waals surface area (Å²) in [6, 6.07) is 9.85. The molecule has 2 fully saturated rings. The van der Waals surface area contributed by atoms with Gasteiger partial charge in [-0.1, -0.05) is 25.3 Å². The summed E-state index contributed by atoms with van der Waals surface area (Å²) in [6.45, 7) is 0. The summed E-state index contributed by atoms with van der Waals surface area (Å²) in [7, 11) is 0. The molecule has 0 spiro atoms. The van der Waals surface area contributed by atoms with Gasteiger partial charge in [0.15, 0.2) is 0 Å². The van der Waals surface area contributed by atoms with E-state index in [0.717, 1.165) is 37.8 Å². The first kappa shape index (κ1) is 13.5. The quantitative estimate of drug-likeness (QED) is 0.865. The lowest BCUT2D eigenvalue weighted by atomic mass is 9.65. The molecule has 0 unspecified atom stereocenters. The average molecular weight is 270 g/mol. The standard InChI is InChI=1S/C17H22N2O/c18-12-13-5-3-8-15(11-13)19-16-9-4-7-14-6-1-2-10-17(14,16)20/h3,5,8,11,14,16,19-20H,1-2,4,6-7,9-10H2/t14-,16+,17-/m1/s1. The van der Waals surface area contributed by atoms with Crippen molar-refractivity contribution in [3.05, 3.63) is 29.8 Å². The zero-order valence-corrected chi connectivity index (χ0v) is 11.8. The second-order valence-electron chi connectivity index (χ2n) is 6.25. The predicted molar refractivity (Wildman–Crippen MR) is 79.3 cm³/mol. The van der Waals surface area contributed by atoms with E-state index in [-0.39, 0.29) is 6.04 Å². The SMILES string of the molecule is N#Cc1cccc(N[C@H]2CCC[C@H]3CCCC[C@@]32O)c1. The fraction of sp³-hybridized carbons (Fsp3) is 0.588. The maximum atomic E-state index is 11.1. The van der Waals surface area contributed by atoms with Gasteiger partial charge >= 0.3 is 0 Å². The smallest absolute Gasteiger partial charge is 0.0992 e. The topological polar surface area (TPSA) is 56.0 Å². The van der Waals surface area contributed by atoms with Crippen molar-refractivity contribution < 1.29 is 5.11 Å². The van der Waals surface area contributed by atoms with Crippen LogP contribution in [0, 0.1) is 17.2 Å². The largest absolute Gasteiger partial charge is 0.387 e. The van der Waals surface area contributed by atoms with Gasteiger partial charge in [0.05, 0.1) is 23.3 Å². The minimum absolute atomic E-state index is 0.121. The number of hydrogen-bond donors (Lipinski definition) is 2. The number of nitrogens with one attached hydrogen (secondary N) is 1. The second-order valence-corrected chi connectivity index (χ2v) is 6.25. The molecule has 2 aliphatic carbocycles. The van der Waals surface area contributed by atoms with E-state index in [1.807, 2.05) is 24.3 Å². The van der Waals surface area contributed by atoms with Gasteiger partial charge in [-0.25, -0.2) is 0 Å². The van der Waals surface area contributed by atoms with Gasteiger partial charge in [-0.15, -0.1) is 0 Å². The lowest BCUT2D eigenvalue weighted by molar-refractivity contribution is -0.0835. The third kappa shape index (κ3) is 2.41. The molecule has 2 aliphatic rings. The predicted octanol–water partition coefficient (Wildman–Crippen LogP) is 3.44. The van der Waals surface area contributed by atoms with Crippen molar-refractivity contribution in [3.63, 3.8) is 0 Å². The van der Waals surface area contributed by atoms with Crippen molar-refractivity contribution in [1.82, 2.24) is 0 Å². The number of aliphatic hydroxyl groups is 1. The van der Waals surface area contributed by atoms with Crippen LogP contribution in [-0.4, -0.2) is 16.7 Å². The summed E-state index contributed by atoms with van der Waals surface area (Å²) in [5.74, 6) is 0.446. The van der Waals surface area contributed by atoms with E-state index >= 15 is 0 Å². The van der Waals surface area contributed by atoms with Crippen LogP contribution in [0.4, 0.5) is 5.69 Å². The van der Waals surface area contributed by atoms with Crippen LogP contribution in [0.15, 0.2) is 24.3 Å². The Morgan fingerprint density at radius 1 is 1.20 bits per heavy atom. The molecule has 3 atom stereocenters. The molecule has 0 radical (unpaired) electrons. The van der Waals surface area contributed by atoms with Gasteiger partial charge in [-0.2, -0.15) is 5.26 Å². The molecule has 1 aromatic carbocycles. The minimum atomic E-state index is -0.556. The van der Waals surface area contributed by atoms with Gasteiger partial charge in [0.25, 0.3) is 0 Å². The Hall–Kier alpha value is -1.53. The molecule has 0 bridgehead atoms. The molecular formula is C17H22N2O. The summed E-state index contributed by atoms with van der Waals surface area (Å²) in [5, 5.41) is 23.6. The lowest BCUT2D eigenvalue weighted by Gasteiger charge is -2.49. The molecule has 0 saturated heterocycles. The first-order valence-electron chi connectivity index (χ1n) is 7.71. The van der Waals surface area contributed by atoms with Crippen LogP contribution < -0.4 is 5.32 Å². The molecule has 0 aliphatic heterocycles. The van der Waals surface area contributed by atoms with E-state index in [0.29, 0.717) is 11.5 Å². The number of nitriles is 1. The van der Waals surface area contributed by atoms with Crippen LogP contribution in [-0.2, 0) is 0 Å². The Labute approximate surface area is 120 Å². The molecule has 106 valence electrons. The second kappa shape index (κ2) is 5.46. The average Bonchev–Trinajstić information content (AvgIpc) is 2.48. The molecule has 2 N–H and O–H groups in total. The molecular weight excluding hydrogens is 248 g/mol. The van der Waals surface area contributed by atoms with Gasteiger partial charge < -0.3 is 10.4 Å². The number of fused-ring (bicyclic) bond motifs is 1. The van der Waals surface area contributed by atoms with Crippen LogP contribution in [0.2, 0.25) is 0 Å². The molecule has 0 amide bonds. The van der Waals surface area contributed by atoms with Crippen molar-refractivity contribution in [2.24, 2.45) is 5.92 Å². The van der Waals surface area contributed by atoms with Gasteiger partial charge in [-0.05, 0) is 49.8 Å². The van der Waals surface area contributed by atoms with Gasteiger partial charge in [0.1, 0.15) is 0 Å². The molecule has 0 heterocycles. The van der Waals surface area contributed by atoms with Gasteiger partial charge in [-0.3, -0.25) is 0 Å². The van der Waals surface area contributed by atoms with Crippen LogP contribution in [0.25, 0.3) is 0 Å². The normalized spacial score (nSPS) is 33.0. The third-order valence-corrected chi connectivity index (χ3v) is 5.07. The summed E-state index contributed by atoms with van der Waals surface area (Å²) in [6.07, 6.45) is 7.81. The molecule has 2 saturated carbocycles. The fourth-order valence-corrected chi connectivity index (χ4v) is 4.00. The summed E-state index contributed by atoms with van der Waals surface area (Å²) >= 11 is 0. The van der Waals surface area contributed by atoms with Crippen LogP contribution in [0.3, 0.4) is 0 Å². The highest BCUT2D eigenvalue weighted by Gasteiger charge is 2.47.